The fraction of sp³-hybridized carbons (Fsp3) is 0.125. The quantitative estimate of drug-likeness (QED) is 0.870. The molecule has 1 N–H and O–H groups in total. The number of imide groups is 1. The first kappa shape index (κ1) is 13.8. The van der Waals surface area contributed by atoms with Crippen LogP contribution in [0.1, 0.15) is 26.3 Å². The van der Waals surface area contributed by atoms with Gasteiger partial charge in [0.1, 0.15) is 5.75 Å². The summed E-state index contributed by atoms with van der Waals surface area (Å²) in [5, 5.41) is 9.24. The molecule has 3 rings (SSSR count). The van der Waals surface area contributed by atoms with E-state index in [0.717, 1.165) is 10.0 Å². The second-order valence-corrected chi connectivity index (χ2v) is 5.78. The smallest absolute Gasteiger partial charge is 0.261 e. The van der Waals surface area contributed by atoms with Gasteiger partial charge in [0, 0.05) is 11.0 Å². The van der Waals surface area contributed by atoms with Crippen LogP contribution < -0.4 is 0 Å². The fourth-order valence-electron chi connectivity index (χ4n) is 2.37. The first-order chi connectivity index (χ1) is 10.1. The Morgan fingerprint density at radius 1 is 0.952 bits per heavy atom. The molecule has 0 atom stereocenters. The van der Waals surface area contributed by atoms with Crippen molar-refractivity contribution in [3.63, 3.8) is 0 Å². The molecule has 1 heterocycles. The van der Waals surface area contributed by atoms with Crippen molar-refractivity contribution in [3.05, 3.63) is 63.6 Å². The van der Waals surface area contributed by atoms with E-state index in [0.29, 0.717) is 24.1 Å². The molecule has 106 valence electrons. The monoisotopic (exact) mass is 345 g/mol. The van der Waals surface area contributed by atoms with E-state index in [1.807, 2.05) is 0 Å². The SMILES string of the molecule is O=C1c2ccc(Br)cc2C(=O)N1CCc1ccc(O)cc1. The summed E-state index contributed by atoms with van der Waals surface area (Å²) in [5.41, 5.74) is 1.86. The van der Waals surface area contributed by atoms with E-state index >= 15 is 0 Å². The van der Waals surface area contributed by atoms with Crippen molar-refractivity contribution in [3.8, 4) is 5.75 Å². The number of hydrogen-bond acceptors (Lipinski definition) is 3. The summed E-state index contributed by atoms with van der Waals surface area (Å²) in [4.78, 5) is 25.8. The highest BCUT2D eigenvalue weighted by molar-refractivity contribution is 9.10. The predicted octanol–water partition coefficient (Wildman–Crippen LogP) is 2.99. The summed E-state index contributed by atoms with van der Waals surface area (Å²) in [6, 6.07) is 11.8. The number of hydrogen-bond donors (Lipinski definition) is 1. The molecular formula is C16H12BrNO3. The van der Waals surface area contributed by atoms with E-state index in [-0.39, 0.29) is 17.6 Å². The third-order valence-corrected chi connectivity index (χ3v) is 3.99. The maximum absolute atomic E-state index is 12.3. The van der Waals surface area contributed by atoms with Crippen LogP contribution >= 0.6 is 15.9 Å². The molecule has 0 saturated heterocycles. The lowest BCUT2D eigenvalue weighted by Crippen LogP contribution is -2.31. The van der Waals surface area contributed by atoms with E-state index in [4.69, 9.17) is 0 Å². The van der Waals surface area contributed by atoms with Gasteiger partial charge < -0.3 is 5.11 Å². The van der Waals surface area contributed by atoms with Crippen LogP contribution in [0.2, 0.25) is 0 Å². The van der Waals surface area contributed by atoms with Crippen molar-refractivity contribution >= 4 is 27.7 Å². The Kier molecular flexibility index (Phi) is 3.51. The van der Waals surface area contributed by atoms with E-state index < -0.39 is 0 Å². The molecule has 0 radical (unpaired) electrons. The summed E-state index contributed by atoms with van der Waals surface area (Å²) < 4.78 is 0.780. The van der Waals surface area contributed by atoms with Gasteiger partial charge in [-0.05, 0) is 42.3 Å². The van der Waals surface area contributed by atoms with Crippen LogP contribution in [0.4, 0.5) is 0 Å². The number of rotatable bonds is 3. The first-order valence-corrected chi connectivity index (χ1v) is 7.29. The van der Waals surface area contributed by atoms with Crippen molar-refractivity contribution in [1.29, 1.82) is 0 Å². The third kappa shape index (κ3) is 2.56. The number of nitrogens with zero attached hydrogens (tertiary/aromatic N) is 1. The second-order valence-electron chi connectivity index (χ2n) is 4.87. The minimum absolute atomic E-state index is 0.198. The van der Waals surface area contributed by atoms with E-state index in [1.165, 1.54) is 4.90 Å². The summed E-state index contributed by atoms with van der Waals surface area (Å²) in [5.74, 6) is -0.305. The highest BCUT2D eigenvalue weighted by Gasteiger charge is 2.35. The molecule has 0 aromatic heterocycles. The minimum Gasteiger partial charge on any atom is -0.508 e. The third-order valence-electron chi connectivity index (χ3n) is 3.49. The summed E-state index contributed by atoms with van der Waals surface area (Å²) in [7, 11) is 0. The topological polar surface area (TPSA) is 57.6 Å². The lowest BCUT2D eigenvalue weighted by Gasteiger charge is -2.13. The Bertz CT molecular complexity index is 725. The molecule has 0 unspecified atom stereocenters. The number of benzene rings is 2. The number of halogens is 1. The molecule has 21 heavy (non-hydrogen) atoms. The lowest BCUT2D eigenvalue weighted by molar-refractivity contribution is 0.0656. The average Bonchev–Trinajstić information content (AvgIpc) is 2.70. The molecule has 0 fully saturated rings. The Hall–Kier alpha value is -2.14. The number of amides is 2. The average molecular weight is 346 g/mol. The number of carbonyl (C=O) groups excluding carboxylic acids is 2. The van der Waals surface area contributed by atoms with Gasteiger partial charge in [-0.15, -0.1) is 0 Å². The zero-order chi connectivity index (χ0) is 15.0. The highest BCUT2D eigenvalue weighted by Crippen LogP contribution is 2.26. The number of fused-ring (bicyclic) bond motifs is 1. The number of phenols is 1. The normalized spacial score (nSPS) is 13.7. The fourth-order valence-corrected chi connectivity index (χ4v) is 2.73. The van der Waals surface area contributed by atoms with Gasteiger partial charge >= 0.3 is 0 Å². The largest absolute Gasteiger partial charge is 0.508 e. The lowest BCUT2D eigenvalue weighted by atomic mass is 10.1. The molecule has 4 nitrogen and oxygen atoms in total. The van der Waals surface area contributed by atoms with Gasteiger partial charge in [-0.1, -0.05) is 28.1 Å². The number of aromatic hydroxyl groups is 1. The van der Waals surface area contributed by atoms with Crippen LogP contribution in [0, 0.1) is 0 Å². The standard InChI is InChI=1S/C16H12BrNO3/c17-11-3-6-13-14(9-11)16(21)18(15(13)20)8-7-10-1-4-12(19)5-2-10/h1-6,9,19H,7-8H2. The van der Waals surface area contributed by atoms with E-state index in [9.17, 15) is 14.7 Å². The Labute approximate surface area is 130 Å². The van der Waals surface area contributed by atoms with Gasteiger partial charge in [0.25, 0.3) is 11.8 Å². The molecular weight excluding hydrogens is 334 g/mol. The van der Waals surface area contributed by atoms with Gasteiger partial charge in [0.05, 0.1) is 11.1 Å². The molecule has 2 aromatic rings. The molecule has 1 aliphatic rings. The molecule has 0 bridgehead atoms. The molecule has 1 aliphatic heterocycles. The second kappa shape index (κ2) is 5.33. The zero-order valence-corrected chi connectivity index (χ0v) is 12.6. The number of carbonyl (C=O) groups is 2. The van der Waals surface area contributed by atoms with Crippen molar-refractivity contribution in [2.24, 2.45) is 0 Å². The maximum Gasteiger partial charge on any atom is 0.261 e. The van der Waals surface area contributed by atoms with Crippen LogP contribution in [0.5, 0.6) is 5.75 Å². The van der Waals surface area contributed by atoms with Crippen LogP contribution in [0.3, 0.4) is 0 Å². The minimum atomic E-state index is -0.255. The summed E-state index contributed by atoms with van der Waals surface area (Å²) in [6.07, 6.45) is 0.562. The predicted molar refractivity (Wildman–Crippen MR) is 81.3 cm³/mol. The summed E-state index contributed by atoms with van der Waals surface area (Å²) in [6.45, 7) is 0.328. The van der Waals surface area contributed by atoms with Crippen LogP contribution in [-0.4, -0.2) is 28.4 Å². The highest BCUT2D eigenvalue weighted by atomic mass is 79.9. The van der Waals surface area contributed by atoms with Gasteiger partial charge in [-0.25, -0.2) is 0 Å². The van der Waals surface area contributed by atoms with Gasteiger partial charge in [-0.2, -0.15) is 0 Å². The Morgan fingerprint density at radius 2 is 1.62 bits per heavy atom. The molecule has 2 aromatic carbocycles. The van der Waals surface area contributed by atoms with E-state index in [1.54, 1.807) is 42.5 Å². The molecule has 0 aliphatic carbocycles. The molecule has 0 saturated carbocycles. The van der Waals surface area contributed by atoms with Gasteiger partial charge in [0.15, 0.2) is 0 Å². The molecule has 2 amide bonds. The molecule has 5 heteroatoms. The van der Waals surface area contributed by atoms with Gasteiger partial charge in [0.2, 0.25) is 0 Å². The zero-order valence-electron chi connectivity index (χ0n) is 11.0. The van der Waals surface area contributed by atoms with Crippen LogP contribution in [0.15, 0.2) is 46.9 Å². The van der Waals surface area contributed by atoms with Crippen LogP contribution in [-0.2, 0) is 6.42 Å². The van der Waals surface area contributed by atoms with Gasteiger partial charge in [-0.3, -0.25) is 14.5 Å². The number of phenolic OH excluding ortho intramolecular Hbond substituents is 1. The van der Waals surface area contributed by atoms with Crippen molar-refractivity contribution < 1.29 is 14.7 Å². The Morgan fingerprint density at radius 3 is 2.33 bits per heavy atom. The van der Waals surface area contributed by atoms with Crippen molar-refractivity contribution in [1.82, 2.24) is 4.90 Å². The van der Waals surface area contributed by atoms with E-state index in [2.05, 4.69) is 15.9 Å². The first-order valence-electron chi connectivity index (χ1n) is 6.50. The Balaban J connectivity index is 1.77. The van der Waals surface area contributed by atoms with Crippen molar-refractivity contribution in [2.75, 3.05) is 6.54 Å². The van der Waals surface area contributed by atoms with Crippen LogP contribution in [0.25, 0.3) is 0 Å². The molecule has 0 spiro atoms. The van der Waals surface area contributed by atoms with Crippen molar-refractivity contribution in [2.45, 2.75) is 6.42 Å². The summed E-state index contributed by atoms with van der Waals surface area (Å²) >= 11 is 3.31. The maximum atomic E-state index is 12.3.